The van der Waals surface area contributed by atoms with Crippen LogP contribution in [0.2, 0.25) is 0 Å². The number of hydrogen-bond acceptors (Lipinski definition) is 3. The van der Waals surface area contributed by atoms with Crippen LogP contribution >= 0.6 is 0 Å². The first-order chi connectivity index (χ1) is 9.72. The van der Waals surface area contributed by atoms with Crippen LogP contribution in [0.15, 0.2) is 42.7 Å². The maximum absolute atomic E-state index is 4.46. The van der Waals surface area contributed by atoms with E-state index >= 15 is 0 Å². The summed E-state index contributed by atoms with van der Waals surface area (Å²) in [6.07, 6.45) is 3.70. The smallest absolute Gasteiger partial charge is 0.137 e. The van der Waals surface area contributed by atoms with E-state index in [1.165, 1.54) is 0 Å². The van der Waals surface area contributed by atoms with Gasteiger partial charge in [-0.2, -0.15) is 0 Å². The van der Waals surface area contributed by atoms with Crippen LogP contribution < -0.4 is 5.32 Å². The summed E-state index contributed by atoms with van der Waals surface area (Å²) in [6, 6.07) is 10.7. The first-order valence-electron chi connectivity index (χ1n) is 6.85. The molecule has 0 amide bonds. The van der Waals surface area contributed by atoms with Crippen molar-refractivity contribution < 1.29 is 0 Å². The molecule has 2 aromatic heterocycles. The molecule has 0 radical (unpaired) electrons. The second kappa shape index (κ2) is 5.43. The Bertz CT molecular complexity index is 715. The van der Waals surface area contributed by atoms with Crippen molar-refractivity contribution in [1.29, 1.82) is 0 Å². The van der Waals surface area contributed by atoms with E-state index in [0.717, 1.165) is 34.5 Å². The average molecular weight is 266 g/mol. The molecule has 0 aliphatic carbocycles. The molecule has 2 heterocycles. The van der Waals surface area contributed by atoms with E-state index < -0.39 is 0 Å². The molecule has 0 bridgehead atoms. The van der Waals surface area contributed by atoms with Crippen molar-refractivity contribution in [2.75, 3.05) is 0 Å². The average Bonchev–Trinajstić information content (AvgIpc) is 2.93. The largest absolute Gasteiger partial charge is 0.341 e. The minimum atomic E-state index is 0.466. The summed E-state index contributed by atoms with van der Waals surface area (Å²) in [5.41, 5.74) is 3.19. The van der Waals surface area contributed by atoms with Crippen LogP contribution in [0, 0.1) is 0 Å². The zero-order valence-electron chi connectivity index (χ0n) is 11.7. The van der Waals surface area contributed by atoms with Gasteiger partial charge < -0.3 is 10.3 Å². The predicted molar refractivity (Wildman–Crippen MR) is 81.3 cm³/mol. The second-order valence-corrected chi connectivity index (χ2v) is 5.20. The summed E-state index contributed by atoms with van der Waals surface area (Å²) in [5.74, 6) is 0.899. The molecule has 0 saturated heterocycles. The van der Waals surface area contributed by atoms with Gasteiger partial charge in [0.1, 0.15) is 5.82 Å². The third-order valence-electron chi connectivity index (χ3n) is 3.21. The summed E-state index contributed by atoms with van der Waals surface area (Å²) in [6.45, 7) is 5.07. The molecule has 3 rings (SSSR count). The van der Waals surface area contributed by atoms with Gasteiger partial charge >= 0.3 is 0 Å². The SMILES string of the molecule is CC(C)NCc1cnc(-c2ccc3ncccc3c2)[nH]1. The third kappa shape index (κ3) is 2.70. The van der Waals surface area contributed by atoms with Crippen molar-refractivity contribution in [2.45, 2.75) is 26.4 Å². The van der Waals surface area contributed by atoms with Crippen molar-refractivity contribution >= 4 is 10.9 Å². The Balaban J connectivity index is 1.87. The van der Waals surface area contributed by atoms with E-state index in [-0.39, 0.29) is 0 Å². The molecule has 20 heavy (non-hydrogen) atoms. The fourth-order valence-electron chi connectivity index (χ4n) is 2.13. The first kappa shape index (κ1) is 12.8. The summed E-state index contributed by atoms with van der Waals surface area (Å²) < 4.78 is 0. The first-order valence-corrected chi connectivity index (χ1v) is 6.85. The Kier molecular flexibility index (Phi) is 3.48. The highest BCUT2D eigenvalue weighted by atomic mass is 15.0. The molecule has 3 aromatic rings. The topological polar surface area (TPSA) is 53.6 Å². The molecule has 0 unspecified atom stereocenters. The number of hydrogen-bond donors (Lipinski definition) is 2. The minimum Gasteiger partial charge on any atom is -0.341 e. The number of fused-ring (bicyclic) bond motifs is 1. The number of nitrogens with zero attached hydrogens (tertiary/aromatic N) is 2. The van der Waals surface area contributed by atoms with Gasteiger partial charge in [0, 0.05) is 41.6 Å². The molecular formula is C16H18N4. The van der Waals surface area contributed by atoms with E-state index in [2.05, 4.69) is 46.2 Å². The van der Waals surface area contributed by atoms with Crippen LogP contribution in [0.3, 0.4) is 0 Å². The van der Waals surface area contributed by atoms with Crippen molar-refractivity contribution in [3.8, 4) is 11.4 Å². The Labute approximate surface area is 118 Å². The summed E-state index contributed by atoms with van der Waals surface area (Å²) in [4.78, 5) is 12.1. The Hall–Kier alpha value is -2.20. The number of H-pyrrole nitrogens is 1. The summed E-state index contributed by atoms with van der Waals surface area (Å²) in [7, 11) is 0. The van der Waals surface area contributed by atoms with E-state index in [1.807, 2.05) is 30.6 Å². The standard InChI is InChI=1S/C16H18N4/c1-11(2)18-9-14-10-19-16(20-14)13-5-6-15-12(8-13)4-3-7-17-15/h3-8,10-11,18H,9H2,1-2H3,(H,19,20). The van der Waals surface area contributed by atoms with Crippen LogP contribution in [0.1, 0.15) is 19.5 Å². The van der Waals surface area contributed by atoms with Crippen LogP contribution in [0.4, 0.5) is 0 Å². The van der Waals surface area contributed by atoms with Gasteiger partial charge in [-0.15, -0.1) is 0 Å². The molecule has 0 aliphatic heterocycles. The normalized spacial score (nSPS) is 11.3. The highest BCUT2D eigenvalue weighted by molar-refractivity contribution is 5.83. The molecule has 0 atom stereocenters. The Morgan fingerprint density at radius 1 is 1.20 bits per heavy atom. The number of aromatic nitrogens is 3. The highest BCUT2D eigenvalue weighted by Gasteiger charge is 2.05. The molecule has 0 spiro atoms. The van der Waals surface area contributed by atoms with Crippen molar-refractivity contribution in [3.05, 3.63) is 48.4 Å². The second-order valence-electron chi connectivity index (χ2n) is 5.20. The lowest BCUT2D eigenvalue weighted by molar-refractivity contribution is 0.583. The minimum absolute atomic E-state index is 0.466. The maximum Gasteiger partial charge on any atom is 0.137 e. The number of pyridine rings is 1. The number of nitrogens with one attached hydrogen (secondary N) is 2. The number of aromatic amines is 1. The van der Waals surface area contributed by atoms with E-state index in [0.29, 0.717) is 6.04 Å². The maximum atomic E-state index is 4.46. The molecule has 1 aromatic carbocycles. The van der Waals surface area contributed by atoms with Gasteiger partial charge in [-0.3, -0.25) is 4.98 Å². The van der Waals surface area contributed by atoms with E-state index in [1.54, 1.807) is 0 Å². The predicted octanol–water partition coefficient (Wildman–Crippen LogP) is 3.12. The lowest BCUT2D eigenvalue weighted by atomic mass is 10.1. The van der Waals surface area contributed by atoms with E-state index in [4.69, 9.17) is 0 Å². The lowest BCUT2D eigenvalue weighted by Crippen LogP contribution is -2.21. The van der Waals surface area contributed by atoms with E-state index in [9.17, 15) is 0 Å². The van der Waals surface area contributed by atoms with Crippen molar-refractivity contribution in [1.82, 2.24) is 20.3 Å². The van der Waals surface area contributed by atoms with Gasteiger partial charge in [0.15, 0.2) is 0 Å². The molecular weight excluding hydrogens is 248 g/mol. The zero-order valence-corrected chi connectivity index (χ0v) is 11.7. The van der Waals surface area contributed by atoms with Crippen LogP contribution in [-0.4, -0.2) is 21.0 Å². The molecule has 102 valence electrons. The van der Waals surface area contributed by atoms with Gasteiger partial charge in [0.2, 0.25) is 0 Å². The van der Waals surface area contributed by atoms with Crippen molar-refractivity contribution in [2.24, 2.45) is 0 Å². The zero-order chi connectivity index (χ0) is 13.9. The molecule has 4 nitrogen and oxygen atoms in total. The Morgan fingerprint density at radius 2 is 2.10 bits per heavy atom. The summed E-state index contributed by atoms with van der Waals surface area (Å²) in [5, 5.41) is 4.50. The quantitative estimate of drug-likeness (QED) is 0.763. The van der Waals surface area contributed by atoms with Gasteiger partial charge in [0.05, 0.1) is 5.52 Å². The Morgan fingerprint density at radius 3 is 2.95 bits per heavy atom. The number of benzene rings is 1. The molecule has 0 aliphatic rings. The monoisotopic (exact) mass is 266 g/mol. The summed E-state index contributed by atoms with van der Waals surface area (Å²) >= 11 is 0. The fourth-order valence-corrected chi connectivity index (χ4v) is 2.13. The molecule has 4 heteroatoms. The van der Waals surface area contributed by atoms with Crippen LogP contribution in [-0.2, 0) is 6.54 Å². The number of imidazole rings is 1. The van der Waals surface area contributed by atoms with Crippen LogP contribution in [0.25, 0.3) is 22.3 Å². The highest BCUT2D eigenvalue weighted by Crippen LogP contribution is 2.21. The lowest BCUT2D eigenvalue weighted by Gasteiger charge is -2.05. The number of rotatable bonds is 4. The van der Waals surface area contributed by atoms with Crippen molar-refractivity contribution in [3.63, 3.8) is 0 Å². The molecule has 0 saturated carbocycles. The van der Waals surface area contributed by atoms with Gasteiger partial charge in [-0.1, -0.05) is 19.9 Å². The van der Waals surface area contributed by atoms with Crippen LogP contribution in [0.5, 0.6) is 0 Å². The molecule has 0 fully saturated rings. The van der Waals surface area contributed by atoms with Gasteiger partial charge in [-0.05, 0) is 24.3 Å². The third-order valence-corrected chi connectivity index (χ3v) is 3.21. The van der Waals surface area contributed by atoms with Gasteiger partial charge in [0.25, 0.3) is 0 Å². The molecule has 2 N–H and O–H groups in total. The van der Waals surface area contributed by atoms with Gasteiger partial charge in [-0.25, -0.2) is 4.98 Å². The fraction of sp³-hybridized carbons (Fsp3) is 0.250.